The van der Waals surface area contributed by atoms with Crippen LogP contribution in [0.4, 0.5) is 4.79 Å². The van der Waals surface area contributed by atoms with Gasteiger partial charge in [-0.1, -0.05) is 26.7 Å². The summed E-state index contributed by atoms with van der Waals surface area (Å²) in [6.45, 7) is 4.57. The number of nitrogens with zero attached hydrogens (tertiary/aromatic N) is 1. The molecule has 0 saturated heterocycles. The van der Waals surface area contributed by atoms with E-state index in [-0.39, 0.29) is 12.0 Å². The molecule has 0 heterocycles. The third-order valence-electron chi connectivity index (χ3n) is 3.05. The number of hydrogen-bond donors (Lipinski definition) is 3. The van der Waals surface area contributed by atoms with Gasteiger partial charge < -0.3 is 20.4 Å². The summed E-state index contributed by atoms with van der Waals surface area (Å²) in [7, 11) is 0. The Morgan fingerprint density at radius 2 is 1.47 bits per heavy atom. The molecule has 7 heteroatoms. The van der Waals surface area contributed by atoms with E-state index in [1.54, 1.807) is 0 Å². The maximum absolute atomic E-state index is 11.8. The van der Waals surface area contributed by atoms with Crippen molar-refractivity contribution in [3.63, 3.8) is 0 Å². The number of carbonyl (C=O) groups is 3. The zero-order valence-corrected chi connectivity index (χ0v) is 11.5. The SMILES string of the molecule is CCC(CC)C(C)NC(=O)N(CC(=O)O)CC(=O)O. The van der Waals surface area contributed by atoms with E-state index in [2.05, 4.69) is 5.32 Å². The molecule has 0 saturated carbocycles. The minimum atomic E-state index is -1.24. The van der Waals surface area contributed by atoms with Crippen molar-refractivity contribution < 1.29 is 24.6 Å². The van der Waals surface area contributed by atoms with Crippen molar-refractivity contribution in [1.29, 1.82) is 0 Å². The van der Waals surface area contributed by atoms with Crippen LogP contribution >= 0.6 is 0 Å². The number of carboxylic acids is 2. The second-order valence-corrected chi connectivity index (χ2v) is 4.46. The Kier molecular flexibility index (Phi) is 7.55. The van der Waals surface area contributed by atoms with Crippen LogP contribution < -0.4 is 5.32 Å². The van der Waals surface area contributed by atoms with Crippen molar-refractivity contribution in [3.8, 4) is 0 Å². The fourth-order valence-electron chi connectivity index (χ4n) is 1.93. The van der Waals surface area contributed by atoms with Crippen LogP contribution in [0.15, 0.2) is 0 Å². The molecule has 0 bridgehead atoms. The molecule has 19 heavy (non-hydrogen) atoms. The van der Waals surface area contributed by atoms with E-state index >= 15 is 0 Å². The molecular formula is C12H22N2O5. The number of carbonyl (C=O) groups excluding carboxylic acids is 1. The molecule has 0 fully saturated rings. The predicted molar refractivity (Wildman–Crippen MR) is 68.9 cm³/mol. The summed E-state index contributed by atoms with van der Waals surface area (Å²) in [5.74, 6) is -2.21. The number of carboxylic acid groups (broad SMARTS) is 2. The van der Waals surface area contributed by atoms with E-state index in [9.17, 15) is 14.4 Å². The van der Waals surface area contributed by atoms with Gasteiger partial charge in [-0.2, -0.15) is 0 Å². The van der Waals surface area contributed by atoms with Crippen LogP contribution in [0.25, 0.3) is 0 Å². The van der Waals surface area contributed by atoms with Crippen molar-refractivity contribution >= 4 is 18.0 Å². The highest BCUT2D eigenvalue weighted by Gasteiger charge is 2.23. The van der Waals surface area contributed by atoms with Crippen LogP contribution in [0.1, 0.15) is 33.6 Å². The van der Waals surface area contributed by atoms with Crippen molar-refractivity contribution in [3.05, 3.63) is 0 Å². The lowest BCUT2D eigenvalue weighted by Gasteiger charge is -2.26. The first-order valence-electron chi connectivity index (χ1n) is 6.30. The molecule has 110 valence electrons. The molecule has 1 unspecified atom stereocenters. The Labute approximate surface area is 112 Å². The standard InChI is InChI=1S/C12H22N2O5/c1-4-9(5-2)8(3)13-12(19)14(6-10(15)16)7-11(17)18/h8-9H,4-7H2,1-3H3,(H,13,19)(H,15,16)(H,17,18). The fourth-order valence-corrected chi connectivity index (χ4v) is 1.93. The largest absolute Gasteiger partial charge is 0.480 e. The molecule has 3 N–H and O–H groups in total. The van der Waals surface area contributed by atoms with E-state index in [0.29, 0.717) is 0 Å². The second kappa shape index (κ2) is 8.34. The van der Waals surface area contributed by atoms with Crippen LogP contribution in [-0.2, 0) is 9.59 Å². The van der Waals surface area contributed by atoms with E-state index in [1.165, 1.54) is 0 Å². The van der Waals surface area contributed by atoms with Crippen LogP contribution in [0.3, 0.4) is 0 Å². The van der Waals surface area contributed by atoms with Crippen LogP contribution in [0, 0.1) is 5.92 Å². The fraction of sp³-hybridized carbons (Fsp3) is 0.750. The van der Waals surface area contributed by atoms with Gasteiger partial charge in [0.15, 0.2) is 0 Å². The molecule has 0 aromatic heterocycles. The maximum Gasteiger partial charge on any atom is 0.323 e. The summed E-state index contributed by atoms with van der Waals surface area (Å²) in [4.78, 5) is 33.8. The van der Waals surface area contributed by atoms with E-state index in [0.717, 1.165) is 17.7 Å². The van der Waals surface area contributed by atoms with Crippen LogP contribution in [0.5, 0.6) is 0 Å². The maximum atomic E-state index is 11.8. The van der Waals surface area contributed by atoms with Gasteiger partial charge in [-0.25, -0.2) is 4.79 Å². The van der Waals surface area contributed by atoms with Crippen LogP contribution in [-0.4, -0.2) is 52.2 Å². The average molecular weight is 274 g/mol. The molecule has 0 aliphatic rings. The average Bonchev–Trinajstić information content (AvgIpc) is 2.28. The monoisotopic (exact) mass is 274 g/mol. The predicted octanol–water partition coefficient (Wildman–Crippen LogP) is 0.992. The number of nitrogens with one attached hydrogen (secondary N) is 1. The minimum absolute atomic E-state index is 0.132. The molecule has 0 rings (SSSR count). The van der Waals surface area contributed by atoms with Gasteiger partial charge in [0.05, 0.1) is 0 Å². The van der Waals surface area contributed by atoms with Gasteiger partial charge in [0, 0.05) is 6.04 Å². The van der Waals surface area contributed by atoms with Gasteiger partial charge in [-0.15, -0.1) is 0 Å². The molecule has 2 amide bonds. The van der Waals surface area contributed by atoms with Gasteiger partial charge in [0.2, 0.25) is 0 Å². The molecule has 0 aliphatic carbocycles. The van der Waals surface area contributed by atoms with E-state index in [4.69, 9.17) is 10.2 Å². The Balaban J connectivity index is 4.62. The summed E-state index contributed by atoms with van der Waals surface area (Å²) in [5, 5.41) is 20.0. The summed E-state index contributed by atoms with van der Waals surface area (Å²) in [6.07, 6.45) is 1.77. The Morgan fingerprint density at radius 3 is 1.79 bits per heavy atom. The first-order chi connectivity index (χ1) is 8.81. The Hall–Kier alpha value is -1.79. The molecule has 0 aromatic rings. The molecule has 0 radical (unpaired) electrons. The lowest BCUT2D eigenvalue weighted by molar-refractivity contribution is -0.140. The van der Waals surface area contributed by atoms with Gasteiger partial charge in [0.1, 0.15) is 13.1 Å². The van der Waals surface area contributed by atoms with E-state index < -0.39 is 31.1 Å². The normalized spacial score (nSPS) is 12.0. The van der Waals surface area contributed by atoms with Crippen molar-refractivity contribution in [1.82, 2.24) is 10.2 Å². The van der Waals surface area contributed by atoms with Crippen molar-refractivity contribution in [2.75, 3.05) is 13.1 Å². The van der Waals surface area contributed by atoms with Crippen LogP contribution in [0.2, 0.25) is 0 Å². The highest BCUT2D eigenvalue weighted by atomic mass is 16.4. The third-order valence-corrected chi connectivity index (χ3v) is 3.05. The number of hydrogen-bond acceptors (Lipinski definition) is 3. The first kappa shape index (κ1) is 17.2. The van der Waals surface area contributed by atoms with Crippen molar-refractivity contribution in [2.24, 2.45) is 5.92 Å². The lowest BCUT2D eigenvalue weighted by atomic mass is 9.96. The number of aliphatic carboxylic acids is 2. The summed E-state index contributed by atoms with van der Waals surface area (Å²) >= 11 is 0. The van der Waals surface area contributed by atoms with Gasteiger partial charge >= 0.3 is 18.0 Å². The molecule has 0 spiro atoms. The molecule has 7 nitrogen and oxygen atoms in total. The topological polar surface area (TPSA) is 107 Å². The molecular weight excluding hydrogens is 252 g/mol. The Bertz CT molecular complexity index is 312. The molecule has 0 aromatic carbocycles. The number of rotatable bonds is 8. The molecule has 1 atom stereocenters. The summed E-state index contributed by atoms with van der Waals surface area (Å²) < 4.78 is 0. The van der Waals surface area contributed by atoms with Gasteiger partial charge in [-0.05, 0) is 12.8 Å². The highest BCUT2D eigenvalue weighted by Crippen LogP contribution is 2.12. The molecule has 0 aliphatic heterocycles. The lowest BCUT2D eigenvalue weighted by Crippen LogP contribution is -2.49. The van der Waals surface area contributed by atoms with E-state index in [1.807, 2.05) is 20.8 Å². The smallest absolute Gasteiger partial charge is 0.323 e. The zero-order chi connectivity index (χ0) is 15.0. The number of amides is 2. The quantitative estimate of drug-likeness (QED) is 0.612. The third kappa shape index (κ3) is 6.64. The first-order valence-corrected chi connectivity index (χ1v) is 6.30. The van der Waals surface area contributed by atoms with Gasteiger partial charge in [-0.3, -0.25) is 9.59 Å². The van der Waals surface area contributed by atoms with Gasteiger partial charge in [0.25, 0.3) is 0 Å². The Morgan fingerprint density at radius 1 is 1.05 bits per heavy atom. The highest BCUT2D eigenvalue weighted by molar-refractivity contribution is 5.84. The summed E-state index contributed by atoms with van der Waals surface area (Å²) in [5.41, 5.74) is 0. The minimum Gasteiger partial charge on any atom is -0.480 e. The zero-order valence-electron chi connectivity index (χ0n) is 11.5. The summed E-state index contributed by atoms with van der Waals surface area (Å²) in [6, 6.07) is -0.795. The second-order valence-electron chi connectivity index (χ2n) is 4.46. The van der Waals surface area contributed by atoms with Crippen molar-refractivity contribution in [2.45, 2.75) is 39.7 Å². The number of urea groups is 1.